The van der Waals surface area contributed by atoms with Crippen molar-refractivity contribution >= 4 is 127 Å². The maximum absolute atomic E-state index is 2.46. The Labute approximate surface area is 863 Å². The third kappa shape index (κ3) is 15.7. The first kappa shape index (κ1) is 89.2. The zero-order valence-corrected chi connectivity index (χ0v) is 82.8. The molecule has 26 aromatic rings. The molecule has 702 valence electrons. The van der Waals surface area contributed by atoms with E-state index in [0.29, 0.717) is 0 Å². The number of aromatic nitrogens is 3. The van der Waals surface area contributed by atoms with Gasteiger partial charge in [-0.05, 0) is 275 Å². The van der Waals surface area contributed by atoms with Gasteiger partial charge in [-0.1, -0.05) is 422 Å². The van der Waals surface area contributed by atoms with Crippen molar-refractivity contribution in [1.82, 2.24) is 13.7 Å². The molecular weight excluding hydrogens is 1790 g/mol. The van der Waals surface area contributed by atoms with Crippen LogP contribution in [0.4, 0.5) is 51.2 Å². The molecule has 0 amide bonds. The zero-order chi connectivity index (χ0) is 98.9. The Balaban J connectivity index is 0.000000113. The van der Waals surface area contributed by atoms with Crippen LogP contribution in [0.3, 0.4) is 0 Å². The van der Waals surface area contributed by atoms with Crippen LogP contribution in [0, 0.1) is 0 Å². The van der Waals surface area contributed by atoms with Gasteiger partial charge in [-0.15, -0.1) is 0 Å². The van der Waals surface area contributed by atoms with Gasteiger partial charge in [-0.25, -0.2) is 0 Å². The van der Waals surface area contributed by atoms with Crippen molar-refractivity contribution in [3.05, 3.63) is 580 Å². The van der Waals surface area contributed by atoms with E-state index in [4.69, 9.17) is 0 Å². The van der Waals surface area contributed by atoms with Gasteiger partial charge in [0.25, 0.3) is 0 Å². The Morgan fingerprint density at radius 2 is 0.412 bits per heavy atom. The summed E-state index contributed by atoms with van der Waals surface area (Å²) in [5, 5.41) is 10.0. The molecule has 28 rings (SSSR count). The number of para-hydroxylation sites is 7. The molecule has 0 N–H and O–H groups in total. The lowest BCUT2D eigenvalue weighted by atomic mass is 9.80. The number of hydrogen-bond acceptors (Lipinski definition) is 3. The summed E-state index contributed by atoms with van der Waals surface area (Å²) in [6.07, 6.45) is 0. The molecule has 0 saturated heterocycles. The van der Waals surface area contributed by atoms with E-state index in [-0.39, 0.29) is 10.8 Å². The maximum atomic E-state index is 2.46. The molecule has 0 fully saturated rings. The van der Waals surface area contributed by atoms with Crippen molar-refractivity contribution in [2.45, 2.75) is 38.5 Å². The summed E-state index contributed by atoms with van der Waals surface area (Å²) < 4.78 is 7.18. The van der Waals surface area contributed by atoms with E-state index in [2.05, 4.69) is 614 Å². The van der Waals surface area contributed by atoms with Crippen LogP contribution >= 0.6 is 0 Å². The number of nitrogens with zero attached hydrogens (tertiary/aromatic N) is 6. The highest BCUT2D eigenvalue weighted by Gasteiger charge is 2.40. The molecule has 6 nitrogen and oxygen atoms in total. The number of hydrogen-bond donors (Lipinski definition) is 0. The fraction of sp³-hybridized carbons (Fsp3) is 0.0423. The first-order valence-corrected chi connectivity index (χ1v) is 51.3. The third-order valence-corrected chi connectivity index (χ3v) is 30.5. The number of rotatable bonds is 17. The van der Waals surface area contributed by atoms with Crippen LogP contribution in [0.25, 0.3) is 171 Å². The van der Waals surface area contributed by atoms with Gasteiger partial charge in [0, 0.05) is 94.3 Å². The highest BCUT2D eigenvalue weighted by Crippen LogP contribution is 2.57. The minimum atomic E-state index is -0.140. The molecule has 0 spiro atoms. The average Bonchev–Trinajstić information content (AvgIpc) is 1.55. The molecule has 148 heavy (non-hydrogen) atoms. The van der Waals surface area contributed by atoms with Crippen molar-refractivity contribution < 1.29 is 0 Å². The maximum Gasteiger partial charge on any atom is 0.0562 e. The van der Waals surface area contributed by atoms with Gasteiger partial charge in [-0.2, -0.15) is 0 Å². The third-order valence-electron chi connectivity index (χ3n) is 30.5. The number of fused-ring (bicyclic) bond motifs is 17. The van der Waals surface area contributed by atoms with Crippen LogP contribution in [0.2, 0.25) is 0 Å². The van der Waals surface area contributed by atoms with Gasteiger partial charge in [0.2, 0.25) is 0 Å². The van der Waals surface area contributed by atoms with E-state index in [1.54, 1.807) is 0 Å². The number of benzene rings is 23. The van der Waals surface area contributed by atoms with Crippen LogP contribution in [0.1, 0.15) is 49.9 Å². The first-order valence-electron chi connectivity index (χ1n) is 51.3. The van der Waals surface area contributed by atoms with Crippen LogP contribution in [0.15, 0.2) is 558 Å². The normalized spacial score (nSPS) is 12.4. The van der Waals surface area contributed by atoms with Crippen molar-refractivity contribution in [3.8, 4) is 95.0 Å². The molecule has 3 aromatic heterocycles. The predicted molar refractivity (Wildman–Crippen MR) is 626 cm³/mol. The Hall–Kier alpha value is -18.9. The van der Waals surface area contributed by atoms with E-state index in [9.17, 15) is 0 Å². The predicted octanol–water partition coefficient (Wildman–Crippen LogP) is 38.9. The smallest absolute Gasteiger partial charge is 0.0562 e. The minimum Gasteiger partial charge on any atom is -0.310 e. The van der Waals surface area contributed by atoms with E-state index in [1.807, 2.05) is 0 Å². The molecule has 0 unspecified atom stereocenters. The van der Waals surface area contributed by atoms with Crippen LogP contribution < -0.4 is 14.7 Å². The highest BCUT2D eigenvalue weighted by atomic mass is 15.2. The molecule has 3 heterocycles. The molecule has 6 heteroatoms. The topological polar surface area (TPSA) is 24.5 Å². The average molecular weight is 1890 g/mol. The molecule has 0 bridgehead atoms. The van der Waals surface area contributed by atoms with E-state index in [0.717, 1.165) is 62.6 Å². The lowest BCUT2D eigenvalue weighted by Crippen LogP contribution is -2.17. The Morgan fingerprint density at radius 1 is 0.162 bits per heavy atom. The summed E-state index contributed by atoms with van der Waals surface area (Å²) in [7, 11) is 0. The number of anilines is 9. The summed E-state index contributed by atoms with van der Waals surface area (Å²) >= 11 is 0. The van der Waals surface area contributed by atoms with Crippen LogP contribution in [-0.4, -0.2) is 13.7 Å². The quantitative estimate of drug-likeness (QED) is 0.0908. The molecule has 0 saturated carbocycles. The summed E-state index contributed by atoms with van der Waals surface area (Å²) in [6.45, 7) is 9.48. The van der Waals surface area contributed by atoms with E-state index < -0.39 is 0 Å². The van der Waals surface area contributed by atoms with Gasteiger partial charge in [0.05, 0.1) is 50.2 Å². The largest absolute Gasteiger partial charge is 0.310 e. The van der Waals surface area contributed by atoms with Gasteiger partial charge >= 0.3 is 0 Å². The second-order valence-corrected chi connectivity index (χ2v) is 39.8. The molecule has 0 aliphatic heterocycles. The van der Waals surface area contributed by atoms with Crippen LogP contribution in [0.5, 0.6) is 0 Å². The SMILES string of the molecule is CC1(C)c2cc(N(c3ccccc3)c3cccc4c3c3ccccc3n4-c3ccccc3)ccc2-c2ccc3ccccc3c21.CC1(C)c2ccccc2-c2ccc(N(c3ccc(-c4ccccc4)cc3)c3cccc4c3c3ccccc3n4-c3ccccc3)cc21.c1ccc(-c2ccc(-c3ccc(N(c4ccc(-c5ccc(-c6ccccc6)cc5)cc4)c4cccc5c4c4ccccc4n5-c4ccccc4)cc3)cc2)cc1. The van der Waals surface area contributed by atoms with E-state index in [1.165, 1.54) is 182 Å². The lowest BCUT2D eigenvalue weighted by molar-refractivity contribution is 0.660. The monoisotopic (exact) mass is 1890 g/mol. The molecule has 2 aliphatic carbocycles. The lowest BCUT2D eigenvalue weighted by Gasteiger charge is -2.29. The van der Waals surface area contributed by atoms with Gasteiger partial charge in [0.15, 0.2) is 0 Å². The Morgan fingerprint density at radius 3 is 0.784 bits per heavy atom. The van der Waals surface area contributed by atoms with Crippen LogP contribution in [-0.2, 0) is 10.8 Å². The van der Waals surface area contributed by atoms with Crippen molar-refractivity contribution in [2.75, 3.05) is 14.7 Å². The van der Waals surface area contributed by atoms with Gasteiger partial charge in [-0.3, -0.25) is 0 Å². The second-order valence-electron chi connectivity index (χ2n) is 39.8. The molecule has 23 aromatic carbocycles. The van der Waals surface area contributed by atoms with Gasteiger partial charge in [0.1, 0.15) is 0 Å². The first-order chi connectivity index (χ1) is 73.0. The van der Waals surface area contributed by atoms with Crippen molar-refractivity contribution in [2.24, 2.45) is 0 Å². The van der Waals surface area contributed by atoms with Crippen molar-refractivity contribution in [3.63, 3.8) is 0 Å². The molecular formula is C142H104N6. The van der Waals surface area contributed by atoms with E-state index >= 15 is 0 Å². The van der Waals surface area contributed by atoms with Gasteiger partial charge < -0.3 is 28.4 Å². The Kier molecular flexibility index (Phi) is 22.6. The fourth-order valence-corrected chi connectivity index (χ4v) is 23.6. The minimum absolute atomic E-state index is 0.0971. The molecule has 0 radical (unpaired) electrons. The Bertz CT molecular complexity index is 9320. The summed E-state index contributed by atoms with van der Waals surface area (Å²) in [4.78, 5) is 7.31. The second kappa shape index (κ2) is 37.5. The van der Waals surface area contributed by atoms with Crippen molar-refractivity contribution in [1.29, 1.82) is 0 Å². The standard InChI is InChI=1S/C54H38N2.C45H34N2.C43H32N2/c1-4-13-39(14-5-1)41-23-27-43(28-24-41)45-31-35-48(36-32-45)55(49-37-33-46(34-38-49)44-29-25-42(26-30-44)40-15-6-2-7-16-40)52-21-12-22-53-54(52)50-19-10-11-20-51(50)56(53)47-17-8-3-9-18-47;1-45(2)39-20-11-9-18-36(39)37-29-28-35(30-40(37)45)46(34-26-24-32(25-27-34)31-14-5-3-6-15-31)42-22-13-23-43-44(42)38-19-10-12-21-41(38)47(43)33-16-7-4-8-17-33;1-43(2)37-28-32(25-27-34(37)35-26-24-29-14-9-10-19-33(29)42(35)43)44(30-15-5-3-6-16-30)39-22-13-23-40-41(39)36-20-11-12-21-38(36)45(40)31-17-7-4-8-18-31/h1-38H;3-30H,1-2H3;3-28H,1-2H3. The summed E-state index contributed by atoms with van der Waals surface area (Å²) in [6, 6.07) is 202. The summed E-state index contributed by atoms with van der Waals surface area (Å²) in [5.74, 6) is 0. The summed E-state index contributed by atoms with van der Waals surface area (Å²) in [5.41, 5.74) is 43.6. The molecule has 2 aliphatic rings. The fourth-order valence-electron chi connectivity index (χ4n) is 23.6. The zero-order valence-electron chi connectivity index (χ0n) is 82.8. The highest BCUT2D eigenvalue weighted by molar-refractivity contribution is 6.20. The molecule has 0 atom stereocenters.